The van der Waals surface area contributed by atoms with Crippen LogP contribution in [0.25, 0.3) is 11.1 Å². The molecule has 2 heterocycles. The van der Waals surface area contributed by atoms with Gasteiger partial charge in [-0.1, -0.05) is 31.4 Å². The van der Waals surface area contributed by atoms with Crippen LogP contribution in [-0.2, 0) is 6.54 Å². The lowest BCUT2D eigenvalue weighted by Crippen LogP contribution is -2.22. The highest BCUT2D eigenvalue weighted by Crippen LogP contribution is 2.25. The van der Waals surface area contributed by atoms with Crippen LogP contribution in [0.2, 0.25) is 0 Å². The van der Waals surface area contributed by atoms with Gasteiger partial charge in [-0.3, -0.25) is 0 Å². The number of hydrogen-bond acceptors (Lipinski definition) is 4. The van der Waals surface area contributed by atoms with Crippen LogP contribution >= 0.6 is 0 Å². The second kappa shape index (κ2) is 8.83. The van der Waals surface area contributed by atoms with Crippen molar-refractivity contribution in [3.05, 3.63) is 72.3 Å². The van der Waals surface area contributed by atoms with E-state index >= 15 is 0 Å². The SMILES string of the molecule is Fc1cccc(CNc2cc(-c3ccnc(NC4CCCCC4)c3)ccn2)c1. The standard InChI is InChI=1S/C23H25FN4/c24-20-6-4-5-17(13-20)16-27-22-14-18(9-11-25-22)19-10-12-26-23(15-19)28-21-7-2-1-3-8-21/h4-6,9-15,21H,1-3,7-8,16H2,(H,25,27)(H,26,28). The van der Waals surface area contributed by atoms with E-state index in [1.807, 2.05) is 30.5 Å². The van der Waals surface area contributed by atoms with Crippen LogP contribution in [0.3, 0.4) is 0 Å². The van der Waals surface area contributed by atoms with Crippen molar-refractivity contribution in [3.8, 4) is 11.1 Å². The largest absolute Gasteiger partial charge is 0.367 e. The van der Waals surface area contributed by atoms with E-state index in [4.69, 9.17) is 0 Å². The molecular weight excluding hydrogens is 351 g/mol. The molecule has 0 spiro atoms. The number of pyridine rings is 2. The molecule has 0 amide bonds. The summed E-state index contributed by atoms with van der Waals surface area (Å²) in [4.78, 5) is 8.87. The van der Waals surface area contributed by atoms with E-state index in [1.54, 1.807) is 12.3 Å². The summed E-state index contributed by atoms with van der Waals surface area (Å²) < 4.78 is 13.3. The molecule has 1 fully saturated rings. The van der Waals surface area contributed by atoms with Crippen molar-refractivity contribution < 1.29 is 4.39 Å². The van der Waals surface area contributed by atoms with Gasteiger partial charge in [-0.25, -0.2) is 14.4 Å². The van der Waals surface area contributed by atoms with Crippen molar-refractivity contribution in [3.63, 3.8) is 0 Å². The van der Waals surface area contributed by atoms with Gasteiger partial charge in [0.25, 0.3) is 0 Å². The molecule has 4 rings (SSSR count). The number of rotatable bonds is 6. The van der Waals surface area contributed by atoms with E-state index in [0.717, 1.165) is 28.3 Å². The minimum atomic E-state index is -0.226. The van der Waals surface area contributed by atoms with Gasteiger partial charge in [0.1, 0.15) is 17.5 Å². The first-order chi connectivity index (χ1) is 13.8. The Morgan fingerprint density at radius 2 is 1.57 bits per heavy atom. The van der Waals surface area contributed by atoms with E-state index in [0.29, 0.717) is 12.6 Å². The summed E-state index contributed by atoms with van der Waals surface area (Å²) in [5, 5.41) is 6.85. The van der Waals surface area contributed by atoms with Gasteiger partial charge >= 0.3 is 0 Å². The number of anilines is 2. The van der Waals surface area contributed by atoms with Gasteiger partial charge < -0.3 is 10.6 Å². The summed E-state index contributed by atoms with van der Waals surface area (Å²) >= 11 is 0. The monoisotopic (exact) mass is 376 g/mol. The topological polar surface area (TPSA) is 49.8 Å². The van der Waals surface area contributed by atoms with E-state index in [-0.39, 0.29) is 5.82 Å². The summed E-state index contributed by atoms with van der Waals surface area (Å²) in [5.74, 6) is 1.46. The third kappa shape index (κ3) is 4.85. The molecule has 0 bridgehead atoms. The van der Waals surface area contributed by atoms with E-state index in [2.05, 4.69) is 26.7 Å². The molecule has 2 N–H and O–H groups in total. The van der Waals surface area contributed by atoms with Crippen molar-refractivity contribution in [2.45, 2.75) is 44.7 Å². The minimum absolute atomic E-state index is 0.226. The molecule has 0 saturated heterocycles. The number of aromatic nitrogens is 2. The van der Waals surface area contributed by atoms with Gasteiger partial charge in [0.05, 0.1) is 0 Å². The first kappa shape index (κ1) is 18.4. The van der Waals surface area contributed by atoms with Crippen LogP contribution in [0, 0.1) is 5.82 Å². The predicted octanol–water partition coefficient (Wildman–Crippen LogP) is 5.64. The molecule has 28 heavy (non-hydrogen) atoms. The van der Waals surface area contributed by atoms with Gasteiger partial charge in [-0.05, 0) is 65.9 Å². The molecule has 1 aliphatic carbocycles. The Labute approximate surface area is 165 Å². The Balaban J connectivity index is 1.45. The van der Waals surface area contributed by atoms with Crippen molar-refractivity contribution in [2.24, 2.45) is 0 Å². The van der Waals surface area contributed by atoms with Gasteiger partial charge in [0, 0.05) is 25.0 Å². The first-order valence-corrected chi connectivity index (χ1v) is 9.93. The predicted molar refractivity (Wildman–Crippen MR) is 112 cm³/mol. The Morgan fingerprint density at radius 1 is 0.857 bits per heavy atom. The summed E-state index contributed by atoms with van der Waals surface area (Å²) in [7, 11) is 0. The molecule has 1 saturated carbocycles. The fraction of sp³-hybridized carbons (Fsp3) is 0.304. The van der Waals surface area contributed by atoms with Crippen molar-refractivity contribution in [2.75, 3.05) is 10.6 Å². The molecule has 0 aliphatic heterocycles. The summed E-state index contributed by atoms with van der Waals surface area (Å²) in [6.07, 6.45) is 10.0. The Kier molecular flexibility index (Phi) is 5.80. The maximum absolute atomic E-state index is 13.3. The molecule has 2 aromatic heterocycles. The summed E-state index contributed by atoms with van der Waals surface area (Å²) in [6.45, 7) is 0.527. The molecular formula is C23H25FN4. The molecule has 1 aliphatic rings. The van der Waals surface area contributed by atoms with E-state index in [1.165, 1.54) is 44.2 Å². The molecule has 3 aromatic rings. The Bertz CT molecular complexity index is 922. The third-order valence-electron chi connectivity index (χ3n) is 5.17. The normalized spacial score (nSPS) is 14.6. The number of nitrogens with one attached hydrogen (secondary N) is 2. The van der Waals surface area contributed by atoms with Crippen LogP contribution < -0.4 is 10.6 Å². The zero-order valence-electron chi connectivity index (χ0n) is 15.9. The Morgan fingerprint density at radius 3 is 2.32 bits per heavy atom. The number of benzene rings is 1. The first-order valence-electron chi connectivity index (χ1n) is 9.93. The number of halogens is 1. The lowest BCUT2D eigenvalue weighted by molar-refractivity contribution is 0.462. The molecule has 4 nitrogen and oxygen atoms in total. The van der Waals surface area contributed by atoms with Gasteiger partial charge in [0.15, 0.2) is 0 Å². The Hall–Kier alpha value is -2.95. The average Bonchev–Trinajstić information content (AvgIpc) is 2.74. The third-order valence-corrected chi connectivity index (χ3v) is 5.17. The average molecular weight is 376 g/mol. The molecule has 0 atom stereocenters. The van der Waals surface area contributed by atoms with Gasteiger partial charge in [-0.2, -0.15) is 0 Å². The quantitative estimate of drug-likeness (QED) is 0.584. The van der Waals surface area contributed by atoms with Crippen LogP contribution in [-0.4, -0.2) is 16.0 Å². The van der Waals surface area contributed by atoms with E-state index < -0.39 is 0 Å². The second-order valence-electron chi connectivity index (χ2n) is 7.32. The van der Waals surface area contributed by atoms with Gasteiger partial charge in [0.2, 0.25) is 0 Å². The van der Waals surface area contributed by atoms with Crippen LogP contribution in [0.5, 0.6) is 0 Å². The lowest BCUT2D eigenvalue weighted by atomic mass is 9.95. The van der Waals surface area contributed by atoms with Crippen molar-refractivity contribution in [1.29, 1.82) is 0 Å². The highest BCUT2D eigenvalue weighted by molar-refractivity contribution is 5.68. The van der Waals surface area contributed by atoms with Crippen molar-refractivity contribution in [1.82, 2.24) is 9.97 Å². The zero-order chi connectivity index (χ0) is 19.2. The maximum atomic E-state index is 13.3. The molecule has 0 unspecified atom stereocenters. The van der Waals surface area contributed by atoms with Gasteiger partial charge in [-0.15, -0.1) is 0 Å². The second-order valence-corrected chi connectivity index (χ2v) is 7.32. The molecule has 0 radical (unpaired) electrons. The van der Waals surface area contributed by atoms with Crippen molar-refractivity contribution >= 4 is 11.6 Å². The summed E-state index contributed by atoms with van der Waals surface area (Å²) in [5.41, 5.74) is 3.06. The summed E-state index contributed by atoms with van der Waals surface area (Å²) in [6, 6.07) is 15.2. The smallest absolute Gasteiger partial charge is 0.126 e. The number of hydrogen-bond donors (Lipinski definition) is 2. The maximum Gasteiger partial charge on any atom is 0.126 e. The van der Waals surface area contributed by atoms with E-state index in [9.17, 15) is 4.39 Å². The molecule has 5 heteroatoms. The number of nitrogens with zero attached hydrogens (tertiary/aromatic N) is 2. The highest BCUT2D eigenvalue weighted by Gasteiger charge is 2.13. The fourth-order valence-corrected chi connectivity index (χ4v) is 3.69. The highest BCUT2D eigenvalue weighted by atomic mass is 19.1. The molecule has 144 valence electrons. The van der Waals surface area contributed by atoms with Crippen LogP contribution in [0.4, 0.5) is 16.0 Å². The van der Waals surface area contributed by atoms with Crippen LogP contribution in [0.1, 0.15) is 37.7 Å². The lowest BCUT2D eigenvalue weighted by Gasteiger charge is -2.23. The van der Waals surface area contributed by atoms with Crippen LogP contribution in [0.15, 0.2) is 60.9 Å². The zero-order valence-corrected chi connectivity index (χ0v) is 15.9. The molecule has 1 aromatic carbocycles. The minimum Gasteiger partial charge on any atom is -0.367 e. The fourth-order valence-electron chi connectivity index (χ4n) is 3.69.